The first-order valence-electron chi connectivity index (χ1n) is 6.92. The van der Waals surface area contributed by atoms with Crippen molar-refractivity contribution in [1.82, 2.24) is 5.32 Å². The molecule has 4 heteroatoms. The molecule has 1 aromatic carbocycles. The van der Waals surface area contributed by atoms with Crippen molar-refractivity contribution in [2.45, 2.75) is 32.1 Å². The predicted molar refractivity (Wildman–Crippen MR) is 72.8 cm³/mol. The molecule has 2 amide bonds. The third-order valence-electron chi connectivity index (χ3n) is 3.73. The number of benzene rings is 1. The topological polar surface area (TPSA) is 58.2 Å². The van der Waals surface area contributed by atoms with Gasteiger partial charge in [0.2, 0.25) is 11.8 Å². The molecule has 4 nitrogen and oxygen atoms in total. The summed E-state index contributed by atoms with van der Waals surface area (Å²) in [6, 6.07) is 6.12. The van der Waals surface area contributed by atoms with Gasteiger partial charge in [-0.15, -0.1) is 0 Å². The monoisotopic (exact) mass is 258 g/mol. The van der Waals surface area contributed by atoms with E-state index in [2.05, 4.69) is 16.7 Å². The minimum atomic E-state index is 0.0944. The van der Waals surface area contributed by atoms with Crippen LogP contribution in [0, 0.1) is 5.92 Å². The van der Waals surface area contributed by atoms with E-state index in [0.717, 1.165) is 31.4 Å². The molecular formula is C15H18N2O2. The van der Waals surface area contributed by atoms with Crippen molar-refractivity contribution >= 4 is 17.5 Å². The molecule has 2 N–H and O–H groups in total. The van der Waals surface area contributed by atoms with Gasteiger partial charge in [0.05, 0.1) is 0 Å². The van der Waals surface area contributed by atoms with Crippen LogP contribution in [0.5, 0.6) is 0 Å². The molecule has 0 unspecified atom stereocenters. The van der Waals surface area contributed by atoms with E-state index >= 15 is 0 Å². The maximum Gasteiger partial charge on any atom is 0.224 e. The van der Waals surface area contributed by atoms with Gasteiger partial charge in [0.15, 0.2) is 0 Å². The summed E-state index contributed by atoms with van der Waals surface area (Å²) in [5.41, 5.74) is 3.35. The normalized spacial score (nSPS) is 17.6. The zero-order chi connectivity index (χ0) is 13.2. The Morgan fingerprint density at radius 3 is 2.95 bits per heavy atom. The minimum absolute atomic E-state index is 0.0944. The number of aryl methyl sites for hydroxylation is 1. The van der Waals surface area contributed by atoms with E-state index in [4.69, 9.17) is 0 Å². The third-order valence-corrected chi connectivity index (χ3v) is 3.73. The third kappa shape index (κ3) is 2.95. The molecule has 0 atom stereocenters. The van der Waals surface area contributed by atoms with Gasteiger partial charge in [-0.3, -0.25) is 9.59 Å². The Labute approximate surface area is 112 Å². The van der Waals surface area contributed by atoms with Crippen LogP contribution in [0.25, 0.3) is 0 Å². The van der Waals surface area contributed by atoms with Crippen molar-refractivity contribution in [3.63, 3.8) is 0 Å². The Balaban J connectivity index is 1.56. The molecule has 0 radical (unpaired) electrons. The van der Waals surface area contributed by atoms with Crippen molar-refractivity contribution in [2.75, 3.05) is 11.9 Å². The van der Waals surface area contributed by atoms with Crippen molar-refractivity contribution < 1.29 is 9.59 Å². The first-order chi connectivity index (χ1) is 9.22. The fourth-order valence-corrected chi connectivity index (χ4v) is 2.41. The van der Waals surface area contributed by atoms with E-state index in [1.165, 1.54) is 11.1 Å². The molecule has 0 spiro atoms. The Morgan fingerprint density at radius 1 is 1.32 bits per heavy atom. The van der Waals surface area contributed by atoms with Gasteiger partial charge in [-0.2, -0.15) is 0 Å². The molecule has 0 saturated heterocycles. The molecule has 100 valence electrons. The van der Waals surface area contributed by atoms with Crippen LogP contribution in [-0.4, -0.2) is 18.4 Å². The summed E-state index contributed by atoms with van der Waals surface area (Å²) in [5.74, 6) is 0.570. The highest BCUT2D eigenvalue weighted by molar-refractivity contribution is 5.93. The second-order valence-corrected chi connectivity index (χ2v) is 5.35. The fraction of sp³-hybridized carbons (Fsp3) is 0.467. The van der Waals surface area contributed by atoms with Gasteiger partial charge >= 0.3 is 0 Å². The van der Waals surface area contributed by atoms with Gasteiger partial charge < -0.3 is 10.6 Å². The van der Waals surface area contributed by atoms with Crippen LogP contribution in [0.15, 0.2) is 18.2 Å². The van der Waals surface area contributed by atoms with Crippen LogP contribution in [0.4, 0.5) is 5.69 Å². The highest BCUT2D eigenvalue weighted by atomic mass is 16.2. The number of hydrogen-bond donors (Lipinski definition) is 2. The number of amides is 2. The Hall–Kier alpha value is -1.84. The van der Waals surface area contributed by atoms with Gasteiger partial charge in [-0.05, 0) is 42.9 Å². The number of fused-ring (bicyclic) bond motifs is 1. The number of anilines is 1. The van der Waals surface area contributed by atoms with Crippen LogP contribution in [0.1, 0.15) is 30.4 Å². The lowest BCUT2D eigenvalue weighted by Gasteiger charge is -2.17. The molecule has 1 aliphatic heterocycles. The van der Waals surface area contributed by atoms with Crippen LogP contribution >= 0.6 is 0 Å². The SMILES string of the molecule is O=C1CCc2cc(CCNC(=O)C3CC3)ccc2N1. The number of hydrogen-bond acceptors (Lipinski definition) is 2. The van der Waals surface area contributed by atoms with Crippen molar-refractivity contribution in [3.8, 4) is 0 Å². The summed E-state index contributed by atoms with van der Waals surface area (Å²) in [6.45, 7) is 0.695. The second-order valence-electron chi connectivity index (χ2n) is 5.35. The van der Waals surface area contributed by atoms with E-state index in [1.807, 2.05) is 12.1 Å². The molecule has 0 bridgehead atoms. The molecule has 1 fully saturated rings. The summed E-state index contributed by atoms with van der Waals surface area (Å²) in [6.07, 6.45) is 4.31. The van der Waals surface area contributed by atoms with E-state index in [-0.39, 0.29) is 17.7 Å². The van der Waals surface area contributed by atoms with Crippen LogP contribution < -0.4 is 10.6 Å². The van der Waals surface area contributed by atoms with Crippen molar-refractivity contribution in [3.05, 3.63) is 29.3 Å². The molecule has 1 aromatic rings. The summed E-state index contributed by atoms with van der Waals surface area (Å²) < 4.78 is 0. The number of carbonyl (C=O) groups is 2. The lowest BCUT2D eigenvalue weighted by Crippen LogP contribution is -2.27. The Kier molecular flexibility index (Phi) is 3.23. The maximum absolute atomic E-state index is 11.5. The van der Waals surface area contributed by atoms with Crippen molar-refractivity contribution in [2.24, 2.45) is 5.92 Å². The fourth-order valence-electron chi connectivity index (χ4n) is 2.41. The lowest BCUT2D eigenvalue weighted by molar-refractivity contribution is -0.122. The zero-order valence-corrected chi connectivity index (χ0v) is 10.9. The highest BCUT2D eigenvalue weighted by Crippen LogP contribution is 2.28. The summed E-state index contributed by atoms with van der Waals surface area (Å²) >= 11 is 0. The second kappa shape index (κ2) is 5.03. The Morgan fingerprint density at radius 2 is 2.16 bits per heavy atom. The minimum Gasteiger partial charge on any atom is -0.356 e. The van der Waals surface area contributed by atoms with Gasteiger partial charge in [0.1, 0.15) is 0 Å². The van der Waals surface area contributed by atoms with Crippen LogP contribution in [0.3, 0.4) is 0 Å². The molecule has 2 aliphatic rings. The summed E-state index contributed by atoms with van der Waals surface area (Å²) in [7, 11) is 0. The van der Waals surface area contributed by atoms with E-state index in [9.17, 15) is 9.59 Å². The molecular weight excluding hydrogens is 240 g/mol. The van der Waals surface area contributed by atoms with Crippen LogP contribution in [0.2, 0.25) is 0 Å². The first kappa shape index (κ1) is 12.2. The number of carbonyl (C=O) groups excluding carboxylic acids is 2. The molecule has 19 heavy (non-hydrogen) atoms. The van der Waals surface area contributed by atoms with E-state index < -0.39 is 0 Å². The lowest BCUT2D eigenvalue weighted by atomic mass is 9.99. The van der Waals surface area contributed by atoms with Gasteiger partial charge in [-0.1, -0.05) is 12.1 Å². The molecule has 1 heterocycles. The van der Waals surface area contributed by atoms with Crippen LogP contribution in [-0.2, 0) is 22.4 Å². The first-order valence-corrected chi connectivity index (χ1v) is 6.92. The van der Waals surface area contributed by atoms with Gasteiger partial charge in [-0.25, -0.2) is 0 Å². The van der Waals surface area contributed by atoms with E-state index in [0.29, 0.717) is 13.0 Å². The molecule has 0 aromatic heterocycles. The number of rotatable bonds is 4. The average molecular weight is 258 g/mol. The molecule has 1 saturated carbocycles. The Bertz CT molecular complexity index is 521. The predicted octanol–water partition coefficient (Wildman–Crippen LogP) is 1.64. The van der Waals surface area contributed by atoms with Crippen molar-refractivity contribution in [1.29, 1.82) is 0 Å². The zero-order valence-electron chi connectivity index (χ0n) is 10.9. The highest BCUT2D eigenvalue weighted by Gasteiger charge is 2.29. The summed E-state index contributed by atoms with van der Waals surface area (Å²) in [5, 5.41) is 5.85. The quantitative estimate of drug-likeness (QED) is 0.862. The molecule has 3 rings (SSSR count). The standard InChI is InChI=1S/C15H18N2O2/c18-14-6-4-12-9-10(1-5-13(12)17-14)7-8-16-15(19)11-2-3-11/h1,5,9,11H,2-4,6-8H2,(H,16,19)(H,17,18). The summed E-state index contributed by atoms with van der Waals surface area (Å²) in [4.78, 5) is 22.8. The van der Waals surface area contributed by atoms with Gasteiger partial charge in [0.25, 0.3) is 0 Å². The van der Waals surface area contributed by atoms with E-state index in [1.54, 1.807) is 0 Å². The molecule has 1 aliphatic carbocycles. The number of nitrogens with one attached hydrogen (secondary N) is 2. The maximum atomic E-state index is 11.5. The largest absolute Gasteiger partial charge is 0.356 e. The average Bonchev–Trinajstić information content (AvgIpc) is 3.23. The van der Waals surface area contributed by atoms with Gasteiger partial charge in [0, 0.05) is 24.6 Å². The smallest absolute Gasteiger partial charge is 0.224 e.